The van der Waals surface area contributed by atoms with Crippen molar-refractivity contribution in [3.8, 4) is 6.07 Å². The zero-order chi connectivity index (χ0) is 12.0. The molecule has 0 aliphatic heterocycles. The summed E-state index contributed by atoms with van der Waals surface area (Å²) in [7, 11) is 0. The van der Waals surface area contributed by atoms with E-state index >= 15 is 0 Å². The van der Waals surface area contributed by atoms with E-state index in [1.807, 2.05) is 11.8 Å². The summed E-state index contributed by atoms with van der Waals surface area (Å²) < 4.78 is 0. The van der Waals surface area contributed by atoms with Crippen LogP contribution in [-0.4, -0.2) is 11.5 Å². The van der Waals surface area contributed by atoms with E-state index in [4.69, 9.17) is 0 Å². The number of nitrogens with zero attached hydrogens (tertiary/aromatic N) is 1. The number of nitriles is 1. The van der Waals surface area contributed by atoms with Gasteiger partial charge in [0.15, 0.2) is 0 Å². The lowest BCUT2D eigenvalue weighted by Gasteiger charge is -2.36. The van der Waals surface area contributed by atoms with E-state index in [1.165, 1.54) is 18.6 Å². The van der Waals surface area contributed by atoms with Gasteiger partial charge in [-0.3, -0.25) is 0 Å². The fourth-order valence-corrected chi connectivity index (χ4v) is 3.51. The van der Waals surface area contributed by atoms with Crippen LogP contribution in [0.2, 0.25) is 0 Å². The first-order valence-electron chi connectivity index (χ1n) is 6.62. The Labute approximate surface area is 105 Å². The molecule has 16 heavy (non-hydrogen) atoms. The summed E-state index contributed by atoms with van der Waals surface area (Å²) in [6.45, 7) is 6.83. The first kappa shape index (κ1) is 13.9. The molecule has 0 radical (unpaired) electrons. The summed E-state index contributed by atoms with van der Waals surface area (Å²) in [5.74, 6) is 3.99. The van der Waals surface area contributed by atoms with Crippen LogP contribution in [0.4, 0.5) is 0 Å². The van der Waals surface area contributed by atoms with Gasteiger partial charge in [-0.05, 0) is 55.4 Å². The number of rotatable bonds is 5. The lowest BCUT2D eigenvalue weighted by atomic mass is 9.67. The minimum Gasteiger partial charge on any atom is -0.198 e. The van der Waals surface area contributed by atoms with Crippen molar-refractivity contribution in [2.24, 2.45) is 17.3 Å². The second-order valence-electron chi connectivity index (χ2n) is 5.42. The third kappa shape index (κ3) is 3.70. The Bertz CT molecular complexity index is 234. The van der Waals surface area contributed by atoms with Crippen LogP contribution < -0.4 is 0 Å². The highest BCUT2D eigenvalue weighted by Gasteiger charge is 2.35. The Hall–Kier alpha value is -0.160. The average Bonchev–Trinajstić information content (AvgIpc) is 2.30. The highest BCUT2D eigenvalue weighted by atomic mass is 32.2. The third-order valence-electron chi connectivity index (χ3n) is 4.10. The van der Waals surface area contributed by atoms with Crippen LogP contribution in [0.3, 0.4) is 0 Å². The van der Waals surface area contributed by atoms with Crippen LogP contribution in [0.1, 0.15) is 52.9 Å². The Morgan fingerprint density at radius 1 is 1.38 bits per heavy atom. The number of thioether (sulfide) groups is 1. The Morgan fingerprint density at radius 2 is 2.00 bits per heavy atom. The number of hydrogen-bond donors (Lipinski definition) is 0. The fourth-order valence-electron chi connectivity index (χ4n) is 2.69. The van der Waals surface area contributed by atoms with E-state index in [-0.39, 0.29) is 5.41 Å². The van der Waals surface area contributed by atoms with E-state index in [9.17, 15) is 5.26 Å². The van der Waals surface area contributed by atoms with E-state index < -0.39 is 0 Å². The molecule has 0 saturated heterocycles. The van der Waals surface area contributed by atoms with Crippen molar-refractivity contribution < 1.29 is 0 Å². The summed E-state index contributed by atoms with van der Waals surface area (Å²) in [5, 5.41) is 9.41. The Kier molecular flexibility index (Phi) is 5.69. The zero-order valence-electron chi connectivity index (χ0n) is 11.0. The first-order chi connectivity index (χ1) is 7.63. The van der Waals surface area contributed by atoms with Crippen molar-refractivity contribution in [1.29, 1.82) is 5.26 Å². The van der Waals surface area contributed by atoms with Gasteiger partial charge in [0.2, 0.25) is 0 Å². The molecular formula is C14H25NS. The molecule has 0 bridgehead atoms. The molecule has 1 rings (SSSR count). The summed E-state index contributed by atoms with van der Waals surface area (Å²) in [5.41, 5.74) is 0.0214. The lowest BCUT2D eigenvalue weighted by molar-refractivity contribution is 0.172. The van der Waals surface area contributed by atoms with Crippen molar-refractivity contribution in [3.63, 3.8) is 0 Å². The van der Waals surface area contributed by atoms with E-state index in [1.54, 1.807) is 0 Å². The molecule has 1 nitrogen and oxygen atoms in total. The van der Waals surface area contributed by atoms with Gasteiger partial charge in [-0.2, -0.15) is 17.0 Å². The maximum absolute atomic E-state index is 9.41. The molecule has 0 spiro atoms. The average molecular weight is 239 g/mol. The maximum Gasteiger partial charge on any atom is 0.0690 e. The molecule has 0 atom stereocenters. The summed E-state index contributed by atoms with van der Waals surface area (Å²) in [4.78, 5) is 0. The van der Waals surface area contributed by atoms with Crippen molar-refractivity contribution in [3.05, 3.63) is 0 Å². The molecule has 0 N–H and O–H groups in total. The first-order valence-corrected chi connectivity index (χ1v) is 7.78. The Balaban J connectivity index is 2.43. The van der Waals surface area contributed by atoms with Gasteiger partial charge in [0.1, 0.15) is 0 Å². The van der Waals surface area contributed by atoms with Gasteiger partial charge >= 0.3 is 0 Å². The van der Waals surface area contributed by atoms with Gasteiger partial charge in [0, 0.05) is 0 Å². The lowest BCUT2D eigenvalue weighted by Crippen LogP contribution is -2.28. The van der Waals surface area contributed by atoms with Crippen molar-refractivity contribution in [2.75, 3.05) is 11.5 Å². The molecule has 0 heterocycles. The van der Waals surface area contributed by atoms with Crippen molar-refractivity contribution in [1.82, 2.24) is 0 Å². The minimum atomic E-state index is 0.0214. The third-order valence-corrected chi connectivity index (χ3v) is 5.00. The topological polar surface area (TPSA) is 23.8 Å². The normalized spacial score (nSPS) is 30.3. The second-order valence-corrected chi connectivity index (χ2v) is 6.81. The second kappa shape index (κ2) is 6.55. The molecule has 0 aromatic carbocycles. The summed E-state index contributed by atoms with van der Waals surface area (Å²) >= 11 is 1.97. The highest BCUT2D eigenvalue weighted by Crippen LogP contribution is 2.43. The molecule has 1 saturated carbocycles. The predicted octanol–water partition coefficient (Wildman–Crippen LogP) is 4.49. The fraction of sp³-hybridized carbons (Fsp3) is 0.929. The predicted molar refractivity (Wildman–Crippen MR) is 72.5 cm³/mol. The maximum atomic E-state index is 9.41. The quantitative estimate of drug-likeness (QED) is 0.660. The molecule has 1 aliphatic carbocycles. The van der Waals surface area contributed by atoms with Gasteiger partial charge in [-0.15, -0.1) is 0 Å². The Morgan fingerprint density at radius 3 is 2.44 bits per heavy atom. The molecule has 0 amide bonds. The van der Waals surface area contributed by atoms with Crippen molar-refractivity contribution in [2.45, 2.75) is 52.9 Å². The van der Waals surface area contributed by atoms with Gasteiger partial charge < -0.3 is 0 Å². The standard InChI is InChI=1S/C14H25NS/c1-4-16-10-9-14(11-15)7-5-13(6-8-14)12(2)3/h12-13H,4-10H2,1-3H3. The minimum absolute atomic E-state index is 0.0214. The monoisotopic (exact) mass is 239 g/mol. The smallest absolute Gasteiger partial charge is 0.0690 e. The summed E-state index contributed by atoms with van der Waals surface area (Å²) in [6.07, 6.45) is 5.91. The van der Waals surface area contributed by atoms with Crippen molar-refractivity contribution >= 4 is 11.8 Å². The molecule has 0 unspecified atom stereocenters. The van der Waals surface area contributed by atoms with Crippen LogP contribution in [-0.2, 0) is 0 Å². The van der Waals surface area contributed by atoms with Crippen LogP contribution in [0.15, 0.2) is 0 Å². The van der Waals surface area contributed by atoms with Gasteiger partial charge in [-0.1, -0.05) is 20.8 Å². The van der Waals surface area contributed by atoms with E-state index in [0.29, 0.717) is 0 Å². The SMILES string of the molecule is CCSCCC1(C#N)CCC(C(C)C)CC1. The molecule has 92 valence electrons. The molecule has 0 aromatic rings. The highest BCUT2D eigenvalue weighted by molar-refractivity contribution is 7.99. The zero-order valence-corrected chi connectivity index (χ0v) is 11.8. The van der Waals surface area contributed by atoms with Crippen LogP contribution in [0.25, 0.3) is 0 Å². The molecule has 2 heteroatoms. The van der Waals surface area contributed by atoms with Gasteiger partial charge in [0.05, 0.1) is 11.5 Å². The van der Waals surface area contributed by atoms with Gasteiger partial charge in [-0.25, -0.2) is 0 Å². The molecule has 1 fully saturated rings. The van der Waals surface area contributed by atoms with E-state index in [0.717, 1.165) is 36.9 Å². The molecule has 0 aromatic heterocycles. The van der Waals surface area contributed by atoms with E-state index in [2.05, 4.69) is 26.8 Å². The molecule has 1 aliphatic rings. The summed E-state index contributed by atoms with van der Waals surface area (Å²) in [6, 6.07) is 2.62. The van der Waals surface area contributed by atoms with Crippen LogP contribution in [0, 0.1) is 28.6 Å². The number of hydrogen-bond acceptors (Lipinski definition) is 2. The van der Waals surface area contributed by atoms with Crippen LogP contribution >= 0.6 is 11.8 Å². The van der Waals surface area contributed by atoms with Gasteiger partial charge in [0.25, 0.3) is 0 Å². The largest absolute Gasteiger partial charge is 0.198 e. The van der Waals surface area contributed by atoms with Crippen LogP contribution in [0.5, 0.6) is 0 Å². The molecular weight excluding hydrogens is 214 g/mol.